The largest absolute Gasteiger partial charge is 0.507 e. The first-order chi connectivity index (χ1) is 12.9. The predicted molar refractivity (Wildman–Crippen MR) is 100 cm³/mol. The lowest BCUT2D eigenvalue weighted by molar-refractivity contribution is 0.0987. The van der Waals surface area contributed by atoms with Crippen LogP contribution in [0.2, 0.25) is 0 Å². The Morgan fingerprint density at radius 2 is 1.89 bits per heavy atom. The maximum atomic E-state index is 12.9. The summed E-state index contributed by atoms with van der Waals surface area (Å²) in [4.78, 5) is 12.9. The molecule has 0 bridgehead atoms. The Bertz CT molecular complexity index is 909. The molecule has 142 valence electrons. The third kappa shape index (κ3) is 3.84. The second-order valence-electron chi connectivity index (χ2n) is 6.57. The molecule has 0 amide bonds. The fourth-order valence-corrected chi connectivity index (χ4v) is 3.00. The molecule has 27 heavy (non-hydrogen) atoms. The van der Waals surface area contributed by atoms with Crippen LogP contribution < -0.4 is 14.2 Å². The van der Waals surface area contributed by atoms with E-state index in [1.807, 2.05) is 19.9 Å². The number of hydrogen-bond acceptors (Lipinski definition) is 6. The molecule has 0 spiro atoms. The van der Waals surface area contributed by atoms with Gasteiger partial charge in [-0.25, -0.2) is 0 Å². The lowest BCUT2D eigenvalue weighted by Crippen LogP contribution is -2.08. The molecule has 6 heteroatoms. The Labute approximate surface area is 157 Å². The molecule has 0 fully saturated rings. The van der Waals surface area contributed by atoms with Crippen molar-refractivity contribution < 1.29 is 29.2 Å². The first-order valence-corrected chi connectivity index (χ1v) is 8.57. The average Bonchev–Trinajstić information content (AvgIpc) is 3.07. The van der Waals surface area contributed by atoms with E-state index in [1.54, 1.807) is 18.2 Å². The van der Waals surface area contributed by atoms with E-state index in [4.69, 9.17) is 14.2 Å². The number of Topliss-reactive ketones (excluding diaryl/α,β-unsaturated/α-hetero) is 1. The molecular formula is C21H22O6. The summed E-state index contributed by atoms with van der Waals surface area (Å²) < 4.78 is 16.0. The molecule has 0 aromatic heterocycles. The van der Waals surface area contributed by atoms with E-state index in [-0.39, 0.29) is 41.8 Å². The number of fused-ring (bicyclic) bond motifs is 1. The van der Waals surface area contributed by atoms with Gasteiger partial charge in [-0.05, 0) is 38.0 Å². The monoisotopic (exact) mass is 370 g/mol. The molecular weight excluding hydrogens is 348 g/mol. The summed E-state index contributed by atoms with van der Waals surface area (Å²) in [6, 6.07) is 6.45. The number of hydrogen-bond donors (Lipinski definition) is 2. The highest BCUT2D eigenvalue weighted by molar-refractivity contribution is 6.03. The number of ketones is 1. The standard InChI is InChI=1S/C21H22O6/c1-12(2)4-6-14-15(22)10-17(24)20(21(14)25-3)16(23)8-13-5-7-18-19(9-13)27-11-26-18/h4-5,7,9-10,22,24H,6,8,11H2,1-3H3. The van der Waals surface area contributed by atoms with E-state index in [0.717, 1.165) is 11.1 Å². The highest BCUT2D eigenvalue weighted by atomic mass is 16.7. The summed E-state index contributed by atoms with van der Waals surface area (Å²) in [5.41, 5.74) is 2.32. The zero-order valence-electron chi connectivity index (χ0n) is 15.5. The maximum Gasteiger partial charge on any atom is 0.231 e. The SMILES string of the molecule is COc1c(CC=C(C)C)c(O)cc(O)c1C(=O)Cc1ccc2c(c1)OCO2. The van der Waals surface area contributed by atoms with Crippen molar-refractivity contribution in [3.05, 3.63) is 52.6 Å². The summed E-state index contributed by atoms with van der Waals surface area (Å²) in [5, 5.41) is 20.5. The molecule has 0 aliphatic carbocycles. The summed E-state index contributed by atoms with van der Waals surface area (Å²) >= 11 is 0. The fraction of sp³-hybridized carbons (Fsp3) is 0.286. The minimum atomic E-state index is -0.318. The van der Waals surface area contributed by atoms with E-state index in [2.05, 4.69) is 0 Å². The summed E-state index contributed by atoms with van der Waals surface area (Å²) in [6.07, 6.45) is 2.36. The Balaban J connectivity index is 1.95. The van der Waals surface area contributed by atoms with Crippen molar-refractivity contribution in [3.63, 3.8) is 0 Å². The lowest BCUT2D eigenvalue weighted by Gasteiger charge is -2.15. The lowest BCUT2D eigenvalue weighted by atomic mass is 9.96. The zero-order chi connectivity index (χ0) is 19.6. The van der Waals surface area contributed by atoms with Crippen LogP contribution in [0.4, 0.5) is 0 Å². The highest BCUT2D eigenvalue weighted by Crippen LogP contribution is 2.40. The fourth-order valence-electron chi connectivity index (χ4n) is 3.00. The van der Waals surface area contributed by atoms with Gasteiger partial charge in [-0.1, -0.05) is 17.7 Å². The predicted octanol–water partition coefficient (Wildman–Crippen LogP) is 3.77. The van der Waals surface area contributed by atoms with Crippen molar-refractivity contribution in [1.29, 1.82) is 0 Å². The minimum Gasteiger partial charge on any atom is -0.507 e. The van der Waals surface area contributed by atoms with Gasteiger partial charge in [0.15, 0.2) is 17.3 Å². The number of aromatic hydroxyl groups is 2. The van der Waals surface area contributed by atoms with Crippen LogP contribution in [-0.2, 0) is 12.8 Å². The zero-order valence-corrected chi connectivity index (χ0v) is 15.5. The van der Waals surface area contributed by atoms with Crippen molar-refractivity contribution in [2.24, 2.45) is 0 Å². The third-order valence-corrected chi connectivity index (χ3v) is 4.34. The van der Waals surface area contributed by atoms with Crippen LogP contribution in [0.25, 0.3) is 0 Å². The number of rotatable bonds is 6. The van der Waals surface area contributed by atoms with Gasteiger partial charge in [0.05, 0.1) is 7.11 Å². The van der Waals surface area contributed by atoms with Crippen molar-refractivity contribution in [2.75, 3.05) is 13.9 Å². The summed E-state index contributed by atoms with van der Waals surface area (Å²) in [7, 11) is 1.41. The number of allylic oxidation sites excluding steroid dienone is 2. The number of carbonyl (C=O) groups is 1. The van der Waals surface area contributed by atoms with Crippen LogP contribution in [0.15, 0.2) is 35.9 Å². The first kappa shape index (κ1) is 18.6. The van der Waals surface area contributed by atoms with Crippen molar-refractivity contribution in [3.8, 4) is 28.7 Å². The maximum absolute atomic E-state index is 12.9. The molecule has 2 aromatic carbocycles. The van der Waals surface area contributed by atoms with Gasteiger partial charge in [0.1, 0.15) is 22.8 Å². The second-order valence-corrected chi connectivity index (χ2v) is 6.57. The molecule has 1 aliphatic heterocycles. The van der Waals surface area contributed by atoms with Crippen LogP contribution in [-0.4, -0.2) is 29.9 Å². The first-order valence-electron chi connectivity index (χ1n) is 8.57. The molecule has 1 heterocycles. The van der Waals surface area contributed by atoms with Crippen molar-refractivity contribution >= 4 is 5.78 Å². The number of ether oxygens (including phenoxy) is 3. The van der Waals surface area contributed by atoms with E-state index in [9.17, 15) is 15.0 Å². The number of phenolic OH excluding ortho intramolecular Hbond substituents is 2. The van der Waals surface area contributed by atoms with Crippen LogP contribution in [0.3, 0.4) is 0 Å². The Morgan fingerprint density at radius 1 is 1.15 bits per heavy atom. The Kier molecular flexibility index (Phi) is 5.26. The molecule has 3 rings (SSSR count). The van der Waals surface area contributed by atoms with Gasteiger partial charge in [0.2, 0.25) is 6.79 Å². The quantitative estimate of drug-likeness (QED) is 0.595. The van der Waals surface area contributed by atoms with E-state index in [0.29, 0.717) is 23.5 Å². The Morgan fingerprint density at radius 3 is 2.59 bits per heavy atom. The molecule has 0 atom stereocenters. The van der Waals surface area contributed by atoms with Gasteiger partial charge < -0.3 is 24.4 Å². The van der Waals surface area contributed by atoms with E-state index in [1.165, 1.54) is 13.2 Å². The van der Waals surface area contributed by atoms with Gasteiger partial charge in [-0.2, -0.15) is 0 Å². The summed E-state index contributed by atoms with van der Waals surface area (Å²) in [6.45, 7) is 4.04. The smallest absolute Gasteiger partial charge is 0.231 e. The molecule has 0 saturated heterocycles. The normalized spacial score (nSPS) is 12.0. The average molecular weight is 370 g/mol. The van der Waals surface area contributed by atoms with E-state index >= 15 is 0 Å². The highest BCUT2D eigenvalue weighted by Gasteiger charge is 2.24. The number of benzene rings is 2. The molecule has 0 unspecified atom stereocenters. The minimum absolute atomic E-state index is 0.0490. The molecule has 2 aromatic rings. The summed E-state index contributed by atoms with van der Waals surface area (Å²) in [5.74, 6) is 0.682. The second kappa shape index (κ2) is 7.61. The molecule has 1 aliphatic rings. The molecule has 0 saturated carbocycles. The molecule has 0 radical (unpaired) electrons. The number of carbonyl (C=O) groups excluding carboxylic acids is 1. The van der Waals surface area contributed by atoms with Crippen LogP contribution in [0.1, 0.15) is 35.3 Å². The van der Waals surface area contributed by atoms with Gasteiger partial charge in [0, 0.05) is 18.1 Å². The molecule has 2 N–H and O–H groups in total. The van der Waals surface area contributed by atoms with Crippen molar-refractivity contribution in [1.82, 2.24) is 0 Å². The third-order valence-electron chi connectivity index (χ3n) is 4.34. The molecule has 6 nitrogen and oxygen atoms in total. The van der Waals surface area contributed by atoms with Gasteiger partial charge >= 0.3 is 0 Å². The number of phenols is 2. The van der Waals surface area contributed by atoms with Gasteiger partial charge in [0.25, 0.3) is 0 Å². The number of methoxy groups -OCH3 is 1. The van der Waals surface area contributed by atoms with Crippen molar-refractivity contribution in [2.45, 2.75) is 26.7 Å². The van der Waals surface area contributed by atoms with Crippen LogP contribution >= 0.6 is 0 Å². The van der Waals surface area contributed by atoms with Crippen LogP contribution in [0.5, 0.6) is 28.7 Å². The van der Waals surface area contributed by atoms with Gasteiger partial charge in [-0.15, -0.1) is 0 Å². The topological polar surface area (TPSA) is 85.2 Å². The van der Waals surface area contributed by atoms with E-state index < -0.39 is 0 Å². The van der Waals surface area contributed by atoms with Crippen LogP contribution in [0, 0.1) is 0 Å². The Hall–Kier alpha value is -3.15. The van der Waals surface area contributed by atoms with Gasteiger partial charge in [-0.3, -0.25) is 4.79 Å².